The second-order valence-electron chi connectivity index (χ2n) is 8.07. The number of amides is 1. The Morgan fingerprint density at radius 2 is 1.75 bits per heavy atom. The van der Waals surface area contributed by atoms with Crippen LogP contribution in [0.3, 0.4) is 0 Å². The fourth-order valence-corrected chi connectivity index (χ4v) is 5.31. The topological polar surface area (TPSA) is 87.7 Å². The molecular weight excluding hydrogens is 450 g/mol. The lowest BCUT2D eigenvalue weighted by Gasteiger charge is -2.22. The third kappa shape index (κ3) is 6.68. The van der Waals surface area contributed by atoms with Crippen molar-refractivity contribution >= 4 is 27.5 Å². The summed E-state index contributed by atoms with van der Waals surface area (Å²) in [6.45, 7) is 6.32. The first-order chi connectivity index (χ1) is 15.0. The standard InChI is InChI=1S/C23H32ClN3O4S/c1-15-13-21(31-6)16(2)17(3)22(15)32(29,30)26-20(23(28)25-11-12-27(4)5)14-18-7-9-19(24)10-8-18/h7-10,13,20,26H,11-12,14H2,1-6H3,(H,25,28)/t20-/m0/s1. The zero-order valence-electron chi connectivity index (χ0n) is 19.5. The number of nitrogens with one attached hydrogen (secondary N) is 2. The van der Waals surface area contributed by atoms with Gasteiger partial charge in [0, 0.05) is 18.1 Å². The van der Waals surface area contributed by atoms with Gasteiger partial charge in [-0.15, -0.1) is 0 Å². The number of hydrogen-bond donors (Lipinski definition) is 2. The van der Waals surface area contributed by atoms with Crippen LogP contribution in [0.15, 0.2) is 35.2 Å². The van der Waals surface area contributed by atoms with Crippen molar-refractivity contribution in [2.45, 2.75) is 38.1 Å². The summed E-state index contributed by atoms with van der Waals surface area (Å²) in [5, 5.41) is 3.40. The molecule has 2 aromatic rings. The maximum atomic E-state index is 13.4. The van der Waals surface area contributed by atoms with Crippen LogP contribution >= 0.6 is 11.6 Å². The Labute approximate surface area is 196 Å². The van der Waals surface area contributed by atoms with Gasteiger partial charge >= 0.3 is 0 Å². The molecule has 2 rings (SSSR count). The highest BCUT2D eigenvalue weighted by molar-refractivity contribution is 7.89. The number of halogens is 1. The predicted octanol–water partition coefficient (Wildman–Crippen LogP) is 2.84. The third-order valence-electron chi connectivity index (χ3n) is 5.29. The van der Waals surface area contributed by atoms with Gasteiger partial charge in [0.25, 0.3) is 0 Å². The lowest BCUT2D eigenvalue weighted by molar-refractivity contribution is -0.122. The van der Waals surface area contributed by atoms with E-state index in [-0.39, 0.29) is 17.2 Å². The molecule has 0 heterocycles. The highest BCUT2D eigenvalue weighted by Gasteiger charge is 2.29. The minimum absolute atomic E-state index is 0.165. The largest absolute Gasteiger partial charge is 0.496 e. The molecule has 0 saturated carbocycles. The van der Waals surface area contributed by atoms with E-state index in [9.17, 15) is 13.2 Å². The Bertz CT molecular complexity index is 1050. The summed E-state index contributed by atoms with van der Waals surface area (Å²) < 4.78 is 34.8. The molecule has 0 saturated heterocycles. The van der Waals surface area contributed by atoms with Crippen molar-refractivity contribution in [3.05, 3.63) is 57.6 Å². The monoisotopic (exact) mass is 481 g/mol. The predicted molar refractivity (Wildman–Crippen MR) is 128 cm³/mol. The quantitative estimate of drug-likeness (QED) is 0.544. The molecule has 2 N–H and O–H groups in total. The van der Waals surface area contributed by atoms with E-state index in [0.29, 0.717) is 35.0 Å². The maximum absolute atomic E-state index is 13.4. The first kappa shape index (κ1) is 26.1. The number of nitrogens with zero attached hydrogens (tertiary/aromatic N) is 1. The van der Waals surface area contributed by atoms with Crippen molar-refractivity contribution in [1.82, 2.24) is 14.9 Å². The minimum Gasteiger partial charge on any atom is -0.496 e. The van der Waals surface area contributed by atoms with Crippen molar-refractivity contribution in [3.63, 3.8) is 0 Å². The van der Waals surface area contributed by atoms with Crippen LogP contribution in [0.5, 0.6) is 5.75 Å². The molecule has 0 aliphatic rings. The summed E-state index contributed by atoms with van der Waals surface area (Å²) >= 11 is 5.96. The lowest BCUT2D eigenvalue weighted by atomic mass is 10.1. The number of ether oxygens (including phenoxy) is 1. The van der Waals surface area contributed by atoms with E-state index < -0.39 is 16.1 Å². The van der Waals surface area contributed by atoms with E-state index in [1.54, 1.807) is 51.3 Å². The van der Waals surface area contributed by atoms with E-state index >= 15 is 0 Å². The van der Waals surface area contributed by atoms with Crippen LogP contribution in [-0.2, 0) is 21.2 Å². The molecule has 0 fully saturated rings. The molecular formula is C23H32ClN3O4S. The zero-order valence-corrected chi connectivity index (χ0v) is 21.0. The van der Waals surface area contributed by atoms with Crippen LogP contribution in [0.1, 0.15) is 22.3 Å². The van der Waals surface area contributed by atoms with Crippen LogP contribution in [0, 0.1) is 20.8 Å². The first-order valence-corrected chi connectivity index (χ1v) is 12.2. The summed E-state index contributed by atoms with van der Waals surface area (Å²) in [7, 11) is 1.36. The fraction of sp³-hybridized carbons (Fsp3) is 0.435. The fourth-order valence-electron chi connectivity index (χ4n) is 3.46. The Hall–Kier alpha value is -2.13. The summed E-state index contributed by atoms with van der Waals surface area (Å²) in [5.41, 5.74) is 2.68. The number of sulfonamides is 1. The third-order valence-corrected chi connectivity index (χ3v) is 7.30. The summed E-state index contributed by atoms with van der Waals surface area (Å²) in [6, 6.07) is 7.71. The second kappa shape index (κ2) is 11.1. The van der Waals surface area contributed by atoms with Crippen LogP contribution < -0.4 is 14.8 Å². The van der Waals surface area contributed by atoms with Crippen molar-refractivity contribution in [1.29, 1.82) is 0 Å². The van der Waals surface area contributed by atoms with Gasteiger partial charge in [0.15, 0.2) is 0 Å². The molecule has 1 atom stereocenters. The van der Waals surface area contributed by atoms with E-state index in [2.05, 4.69) is 10.0 Å². The van der Waals surface area contributed by atoms with Gasteiger partial charge in [0.05, 0.1) is 12.0 Å². The maximum Gasteiger partial charge on any atom is 0.241 e. The number of likely N-dealkylation sites (N-methyl/N-ethyl adjacent to an activating group) is 1. The van der Waals surface area contributed by atoms with Crippen LogP contribution in [0.2, 0.25) is 5.02 Å². The number of rotatable bonds is 10. The van der Waals surface area contributed by atoms with E-state index in [4.69, 9.17) is 16.3 Å². The van der Waals surface area contributed by atoms with Gasteiger partial charge in [-0.2, -0.15) is 4.72 Å². The van der Waals surface area contributed by atoms with Gasteiger partial charge in [-0.05, 0) is 81.7 Å². The van der Waals surface area contributed by atoms with E-state index in [0.717, 1.165) is 11.1 Å². The Morgan fingerprint density at radius 1 is 1.12 bits per heavy atom. The molecule has 176 valence electrons. The first-order valence-electron chi connectivity index (χ1n) is 10.3. The summed E-state index contributed by atoms with van der Waals surface area (Å²) in [6.07, 6.45) is 0.192. The number of carbonyl (C=O) groups excluding carboxylic acids is 1. The molecule has 0 aliphatic heterocycles. The number of carbonyl (C=O) groups is 1. The van der Waals surface area contributed by atoms with Crippen LogP contribution in [0.4, 0.5) is 0 Å². The van der Waals surface area contributed by atoms with Gasteiger partial charge < -0.3 is 15.0 Å². The van der Waals surface area contributed by atoms with Crippen LogP contribution in [-0.4, -0.2) is 59.6 Å². The van der Waals surface area contributed by atoms with E-state index in [1.807, 2.05) is 25.9 Å². The molecule has 0 aliphatic carbocycles. The molecule has 0 spiro atoms. The van der Waals surface area contributed by atoms with Gasteiger partial charge in [0.2, 0.25) is 15.9 Å². The molecule has 0 unspecified atom stereocenters. The molecule has 32 heavy (non-hydrogen) atoms. The minimum atomic E-state index is -3.99. The normalized spacial score (nSPS) is 12.6. The Kier molecular flexibility index (Phi) is 9.09. The highest BCUT2D eigenvalue weighted by atomic mass is 35.5. The highest BCUT2D eigenvalue weighted by Crippen LogP contribution is 2.30. The molecule has 9 heteroatoms. The van der Waals surface area contributed by atoms with Gasteiger partial charge in [-0.3, -0.25) is 4.79 Å². The average molecular weight is 482 g/mol. The number of methoxy groups -OCH3 is 1. The molecule has 0 radical (unpaired) electrons. The van der Waals surface area contributed by atoms with Gasteiger partial charge in [0.1, 0.15) is 11.8 Å². The Balaban J connectivity index is 2.37. The number of hydrogen-bond acceptors (Lipinski definition) is 5. The molecule has 0 bridgehead atoms. The van der Waals surface area contributed by atoms with Crippen molar-refractivity contribution in [2.24, 2.45) is 0 Å². The molecule has 0 aromatic heterocycles. The molecule has 7 nitrogen and oxygen atoms in total. The summed E-state index contributed by atoms with van der Waals surface area (Å²) in [4.78, 5) is 15.0. The zero-order chi connectivity index (χ0) is 24.1. The molecule has 1 amide bonds. The van der Waals surface area contributed by atoms with Crippen molar-refractivity contribution < 1.29 is 17.9 Å². The summed E-state index contributed by atoms with van der Waals surface area (Å²) in [5.74, 6) is 0.240. The average Bonchev–Trinajstić information content (AvgIpc) is 2.71. The number of aryl methyl sites for hydroxylation is 1. The van der Waals surface area contributed by atoms with E-state index in [1.165, 1.54) is 0 Å². The van der Waals surface area contributed by atoms with Gasteiger partial charge in [-0.25, -0.2) is 8.42 Å². The Morgan fingerprint density at radius 3 is 2.31 bits per heavy atom. The van der Waals surface area contributed by atoms with Crippen molar-refractivity contribution in [2.75, 3.05) is 34.3 Å². The number of benzene rings is 2. The smallest absolute Gasteiger partial charge is 0.241 e. The van der Waals surface area contributed by atoms with Gasteiger partial charge in [-0.1, -0.05) is 23.7 Å². The van der Waals surface area contributed by atoms with Crippen molar-refractivity contribution in [3.8, 4) is 5.75 Å². The SMILES string of the molecule is COc1cc(C)c(S(=O)(=O)N[C@@H](Cc2ccc(Cl)cc2)C(=O)NCCN(C)C)c(C)c1C. The van der Waals surface area contributed by atoms with Crippen LogP contribution in [0.25, 0.3) is 0 Å². The second-order valence-corrected chi connectivity index (χ2v) is 10.2. The lowest BCUT2D eigenvalue weighted by Crippen LogP contribution is -2.49. The molecule has 2 aromatic carbocycles.